The van der Waals surface area contributed by atoms with Crippen LogP contribution in [0.4, 0.5) is 26.3 Å². The Labute approximate surface area is 172 Å². The first-order chi connectivity index (χ1) is 14.4. The first-order valence-corrected chi connectivity index (χ1v) is 8.82. The summed E-state index contributed by atoms with van der Waals surface area (Å²) >= 11 is 0. The third-order valence-corrected chi connectivity index (χ3v) is 4.82. The van der Waals surface area contributed by atoms with Crippen LogP contribution in [0.25, 0.3) is 22.3 Å². The Morgan fingerprint density at radius 3 is 1.71 bits per heavy atom. The van der Waals surface area contributed by atoms with Crippen LogP contribution in [0.3, 0.4) is 0 Å². The number of rotatable bonds is 4. The number of primary amides is 1. The van der Waals surface area contributed by atoms with E-state index in [-0.39, 0.29) is 5.56 Å². The Morgan fingerprint density at radius 1 is 0.710 bits per heavy atom. The van der Waals surface area contributed by atoms with E-state index in [4.69, 9.17) is 5.73 Å². The molecular weight excluding hydrogens is 424 g/mol. The van der Waals surface area contributed by atoms with Crippen molar-refractivity contribution in [2.45, 2.75) is 18.0 Å². The molecule has 0 atom stereocenters. The molecule has 1 amide bonds. The Bertz CT molecular complexity index is 1090. The van der Waals surface area contributed by atoms with E-state index in [9.17, 15) is 36.2 Å². The second kappa shape index (κ2) is 7.73. The minimum absolute atomic E-state index is 0.239. The van der Waals surface area contributed by atoms with Crippen LogP contribution in [0, 0.1) is 0 Å². The molecule has 0 radical (unpaired) electrons. The third-order valence-electron chi connectivity index (χ3n) is 4.82. The highest BCUT2D eigenvalue weighted by atomic mass is 19.4. The van der Waals surface area contributed by atoms with E-state index in [0.717, 1.165) is 12.1 Å². The van der Waals surface area contributed by atoms with Gasteiger partial charge in [-0.15, -0.1) is 0 Å². The van der Waals surface area contributed by atoms with Crippen molar-refractivity contribution in [2.75, 3.05) is 0 Å². The molecule has 3 N–H and O–H groups in total. The number of halogens is 6. The average Bonchev–Trinajstić information content (AvgIpc) is 2.71. The molecule has 0 unspecified atom stereocenters. The normalized spacial score (nSPS) is 12.6. The van der Waals surface area contributed by atoms with Crippen molar-refractivity contribution in [3.63, 3.8) is 0 Å². The van der Waals surface area contributed by atoms with Gasteiger partial charge in [-0.3, -0.25) is 4.79 Å². The van der Waals surface area contributed by atoms with Gasteiger partial charge in [0.15, 0.2) is 0 Å². The van der Waals surface area contributed by atoms with Crippen LogP contribution in [0.1, 0.15) is 15.9 Å². The quantitative estimate of drug-likeness (QED) is 0.533. The lowest BCUT2D eigenvalue weighted by Crippen LogP contribution is -2.53. The van der Waals surface area contributed by atoms with Crippen LogP contribution >= 0.6 is 0 Å². The number of aliphatic hydroxyl groups is 1. The Morgan fingerprint density at radius 2 is 1.23 bits per heavy atom. The molecule has 0 bridgehead atoms. The lowest BCUT2D eigenvalue weighted by atomic mass is 9.89. The maximum Gasteiger partial charge on any atom is 0.430 e. The smallest absolute Gasteiger partial charge is 0.369 e. The van der Waals surface area contributed by atoms with Gasteiger partial charge in [-0.25, -0.2) is 0 Å². The van der Waals surface area contributed by atoms with Crippen LogP contribution in [-0.4, -0.2) is 23.4 Å². The lowest BCUT2D eigenvalue weighted by molar-refractivity contribution is -0.376. The molecule has 0 aliphatic carbocycles. The van der Waals surface area contributed by atoms with E-state index >= 15 is 0 Å². The van der Waals surface area contributed by atoms with Gasteiger partial charge >= 0.3 is 12.4 Å². The van der Waals surface area contributed by atoms with Crippen LogP contribution in [-0.2, 0) is 5.60 Å². The molecule has 0 aromatic heterocycles. The number of benzene rings is 3. The molecule has 0 aliphatic rings. The summed E-state index contributed by atoms with van der Waals surface area (Å²) in [6.07, 6.45) is -11.9. The molecule has 3 aromatic carbocycles. The fraction of sp³-hybridized carbons (Fsp3) is 0.136. The summed E-state index contributed by atoms with van der Waals surface area (Å²) in [6, 6.07) is 16.3. The van der Waals surface area contributed by atoms with Gasteiger partial charge in [-0.2, -0.15) is 26.3 Å². The van der Waals surface area contributed by atoms with Crippen LogP contribution in [0.2, 0.25) is 0 Å². The Balaban J connectivity index is 2.09. The number of carbonyl (C=O) groups excluding carboxylic acids is 1. The Hall–Kier alpha value is -3.33. The average molecular weight is 439 g/mol. The van der Waals surface area contributed by atoms with Gasteiger partial charge in [0.05, 0.1) is 0 Å². The summed E-state index contributed by atoms with van der Waals surface area (Å²) in [5.41, 5.74) is 1.17. The molecule has 9 heteroatoms. The molecule has 0 saturated carbocycles. The summed E-state index contributed by atoms with van der Waals surface area (Å²) in [6.45, 7) is 0. The SMILES string of the molecule is NC(=O)c1cccc(-c2ccccc2-c2ccc(C(O)(C(F)(F)F)C(F)(F)F)cc2)c1. The third kappa shape index (κ3) is 4.00. The second-order valence-electron chi connectivity index (χ2n) is 6.77. The monoisotopic (exact) mass is 439 g/mol. The maximum atomic E-state index is 13.1. The number of amides is 1. The molecule has 3 nitrogen and oxygen atoms in total. The van der Waals surface area contributed by atoms with Gasteiger partial charge in [0, 0.05) is 11.1 Å². The van der Waals surface area contributed by atoms with E-state index in [0.29, 0.717) is 34.4 Å². The predicted molar refractivity (Wildman–Crippen MR) is 102 cm³/mol. The number of nitrogens with two attached hydrogens (primary N) is 1. The van der Waals surface area contributed by atoms with Gasteiger partial charge in [-0.1, -0.05) is 60.7 Å². The van der Waals surface area contributed by atoms with Crippen molar-refractivity contribution >= 4 is 5.91 Å². The Kier molecular flexibility index (Phi) is 5.58. The van der Waals surface area contributed by atoms with Crippen LogP contribution in [0.15, 0.2) is 72.8 Å². The fourth-order valence-electron chi connectivity index (χ4n) is 3.21. The number of alkyl halides is 6. The summed E-state index contributed by atoms with van der Waals surface area (Å²) in [5, 5.41) is 9.54. The number of hydrogen-bond acceptors (Lipinski definition) is 2. The van der Waals surface area contributed by atoms with E-state index in [2.05, 4.69) is 0 Å². The van der Waals surface area contributed by atoms with E-state index in [1.165, 1.54) is 12.1 Å². The molecule has 0 heterocycles. The highest BCUT2D eigenvalue weighted by Crippen LogP contribution is 2.50. The second-order valence-corrected chi connectivity index (χ2v) is 6.77. The van der Waals surface area contributed by atoms with Gasteiger partial charge in [0.25, 0.3) is 5.60 Å². The summed E-state index contributed by atoms with van der Waals surface area (Å²) in [7, 11) is 0. The minimum Gasteiger partial charge on any atom is -0.369 e. The highest BCUT2D eigenvalue weighted by Gasteiger charge is 2.71. The molecule has 0 aliphatic heterocycles. The molecule has 0 spiro atoms. The minimum atomic E-state index is -5.96. The maximum absolute atomic E-state index is 13.1. The van der Waals surface area contributed by atoms with Gasteiger partial charge < -0.3 is 10.8 Å². The van der Waals surface area contributed by atoms with E-state index in [1.54, 1.807) is 36.4 Å². The number of hydrogen-bond donors (Lipinski definition) is 2. The summed E-state index contributed by atoms with van der Waals surface area (Å²) in [4.78, 5) is 11.4. The molecule has 162 valence electrons. The first-order valence-electron chi connectivity index (χ1n) is 8.82. The van der Waals surface area contributed by atoms with Gasteiger partial charge in [-0.05, 0) is 34.4 Å². The first kappa shape index (κ1) is 22.4. The molecule has 0 fully saturated rings. The molecule has 3 rings (SSSR count). The number of carbonyl (C=O) groups is 1. The zero-order chi connectivity index (χ0) is 23.0. The molecule has 0 saturated heterocycles. The molecule has 3 aromatic rings. The fourth-order valence-corrected chi connectivity index (χ4v) is 3.21. The van der Waals surface area contributed by atoms with Crippen molar-refractivity contribution in [3.8, 4) is 22.3 Å². The topological polar surface area (TPSA) is 63.3 Å². The van der Waals surface area contributed by atoms with Gasteiger partial charge in [0.1, 0.15) is 0 Å². The highest BCUT2D eigenvalue weighted by molar-refractivity contribution is 5.95. The molecular formula is C22H15F6NO2. The van der Waals surface area contributed by atoms with Crippen molar-refractivity contribution in [2.24, 2.45) is 5.73 Å². The van der Waals surface area contributed by atoms with Crippen molar-refractivity contribution in [3.05, 3.63) is 83.9 Å². The predicted octanol–water partition coefficient (Wildman–Crippen LogP) is 5.43. The summed E-state index contributed by atoms with van der Waals surface area (Å²) in [5.74, 6) is -0.651. The largest absolute Gasteiger partial charge is 0.430 e. The van der Waals surface area contributed by atoms with Crippen molar-refractivity contribution < 1.29 is 36.2 Å². The van der Waals surface area contributed by atoms with E-state index in [1.807, 2.05) is 0 Å². The zero-order valence-corrected chi connectivity index (χ0v) is 15.6. The van der Waals surface area contributed by atoms with E-state index < -0.39 is 29.4 Å². The lowest BCUT2D eigenvalue weighted by Gasteiger charge is -2.32. The van der Waals surface area contributed by atoms with Crippen LogP contribution in [0.5, 0.6) is 0 Å². The van der Waals surface area contributed by atoms with Gasteiger partial charge in [0.2, 0.25) is 5.91 Å². The standard InChI is InChI=1S/C22H15F6NO2/c23-21(24,25)20(31,22(26,27)28)16-10-8-13(9-11-16)17-6-1-2-7-18(17)14-4-3-5-15(12-14)19(29)30/h1-12,31H,(H2,29,30). The van der Waals surface area contributed by atoms with Crippen molar-refractivity contribution in [1.82, 2.24) is 0 Å². The summed E-state index contributed by atoms with van der Waals surface area (Å²) < 4.78 is 78.5. The van der Waals surface area contributed by atoms with Crippen molar-refractivity contribution in [1.29, 1.82) is 0 Å². The van der Waals surface area contributed by atoms with Crippen LogP contribution < -0.4 is 5.73 Å². The zero-order valence-electron chi connectivity index (χ0n) is 15.6. The molecule has 31 heavy (non-hydrogen) atoms.